The van der Waals surface area contributed by atoms with Crippen molar-refractivity contribution in [3.63, 3.8) is 0 Å². The third kappa shape index (κ3) is 2.36. The highest BCUT2D eigenvalue weighted by Gasteiger charge is 1.95. The molecule has 1 rings (SSSR count). The predicted octanol–water partition coefficient (Wildman–Crippen LogP) is -2.02. The first-order valence-corrected chi connectivity index (χ1v) is 3.63. The molecule has 0 aliphatic carbocycles. The van der Waals surface area contributed by atoms with Gasteiger partial charge in [0.1, 0.15) is 5.41 Å². The van der Waals surface area contributed by atoms with Gasteiger partial charge in [0.05, 0.1) is 0 Å². The molecular weight excluding hydrogens is 227 g/mol. The van der Waals surface area contributed by atoms with E-state index in [0.29, 0.717) is 0 Å². The summed E-state index contributed by atoms with van der Waals surface area (Å²) >= 11 is 3.35. The fourth-order valence-corrected chi connectivity index (χ4v) is 1.94. The third-order valence-corrected chi connectivity index (χ3v) is 2.49. The van der Waals surface area contributed by atoms with Gasteiger partial charge in [0.2, 0.25) is 0 Å². The van der Waals surface area contributed by atoms with E-state index in [2.05, 4.69) is 10.8 Å². The summed E-state index contributed by atoms with van der Waals surface area (Å²) in [7, 11) is 0. The normalized spacial score (nSPS) is 17.3. The Morgan fingerprint density at radius 1 is 1.67 bits per heavy atom. The highest BCUT2D eigenvalue weighted by Crippen LogP contribution is 2.09. The Balaban J connectivity index is 0.000000250. The van der Waals surface area contributed by atoms with Gasteiger partial charge in [0.15, 0.2) is 5.08 Å². The van der Waals surface area contributed by atoms with Crippen molar-refractivity contribution in [1.82, 2.24) is 0 Å². The largest absolute Gasteiger partial charge is 1.00 e. The zero-order valence-electron chi connectivity index (χ0n) is 3.10. The van der Waals surface area contributed by atoms with E-state index >= 15 is 0 Å². The van der Waals surface area contributed by atoms with E-state index < -0.39 is 0 Å². The van der Waals surface area contributed by atoms with Crippen molar-refractivity contribution in [3.8, 4) is 0 Å². The molecule has 0 saturated carbocycles. The van der Waals surface area contributed by atoms with E-state index in [1.165, 1.54) is 16.8 Å². The van der Waals surface area contributed by atoms with Crippen LogP contribution < -0.4 is 24.0 Å². The Kier molecular flexibility index (Phi) is 5.18. The molecule has 0 nitrogen and oxygen atoms in total. The second-order valence-corrected chi connectivity index (χ2v) is 3.07. The molecular formula is C3H5IS2. The van der Waals surface area contributed by atoms with Crippen LogP contribution in [0.15, 0.2) is 10.8 Å². The van der Waals surface area contributed by atoms with Gasteiger partial charge in [-0.2, -0.15) is 0 Å². The van der Waals surface area contributed by atoms with Crippen LogP contribution in [0.4, 0.5) is 0 Å². The molecule has 1 heterocycles. The Morgan fingerprint density at radius 2 is 2.50 bits per heavy atom. The zero-order valence-corrected chi connectivity index (χ0v) is 6.96. The monoisotopic (exact) mass is 232 g/mol. The summed E-state index contributed by atoms with van der Waals surface area (Å²) < 4.78 is 0. The van der Waals surface area contributed by atoms with Crippen LogP contribution >= 0.6 is 11.8 Å². The van der Waals surface area contributed by atoms with Crippen LogP contribution in [0.5, 0.6) is 0 Å². The molecule has 6 heavy (non-hydrogen) atoms. The number of thiol groups is 1. The highest BCUT2D eigenvalue weighted by molar-refractivity contribution is 8.13. The quantitative estimate of drug-likeness (QED) is 0.264. The minimum atomic E-state index is 0. The van der Waals surface area contributed by atoms with Gasteiger partial charge < -0.3 is 24.0 Å². The van der Waals surface area contributed by atoms with Gasteiger partial charge in [0, 0.05) is 17.2 Å². The van der Waals surface area contributed by atoms with E-state index in [9.17, 15) is 0 Å². The SMILES string of the molecule is C1=C[SH+]CS1.[I-]. The van der Waals surface area contributed by atoms with E-state index in [1.807, 2.05) is 11.8 Å². The molecule has 0 radical (unpaired) electrons. The summed E-state index contributed by atoms with van der Waals surface area (Å²) in [6.45, 7) is 0. The molecule has 0 aromatic carbocycles. The Hall–Kier alpha value is 1.17. The summed E-state index contributed by atoms with van der Waals surface area (Å²) in [5.74, 6) is 0. The fourth-order valence-electron chi connectivity index (χ4n) is 0.215. The second-order valence-electron chi connectivity index (χ2n) is 0.763. The van der Waals surface area contributed by atoms with Crippen molar-refractivity contribution in [3.05, 3.63) is 10.8 Å². The van der Waals surface area contributed by atoms with E-state index in [0.717, 1.165) is 0 Å². The number of hydrogen-bond acceptors (Lipinski definition) is 1. The van der Waals surface area contributed by atoms with Gasteiger partial charge in [-0.15, -0.1) is 0 Å². The summed E-state index contributed by atoms with van der Waals surface area (Å²) in [4.78, 5) is 0. The summed E-state index contributed by atoms with van der Waals surface area (Å²) in [6.07, 6.45) is 0. The molecule has 0 spiro atoms. The topological polar surface area (TPSA) is 0 Å². The molecule has 0 unspecified atom stereocenters. The summed E-state index contributed by atoms with van der Waals surface area (Å²) in [6, 6.07) is 0. The van der Waals surface area contributed by atoms with Gasteiger partial charge in [0.25, 0.3) is 0 Å². The number of halogens is 1. The van der Waals surface area contributed by atoms with Crippen molar-refractivity contribution >= 4 is 23.5 Å². The van der Waals surface area contributed by atoms with Crippen LogP contribution in [-0.2, 0) is 11.8 Å². The predicted molar refractivity (Wildman–Crippen MR) is 30.4 cm³/mol. The first-order chi connectivity index (χ1) is 2.50. The molecule has 1 aliphatic heterocycles. The molecule has 0 amide bonds. The lowest BCUT2D eigenvalue weighted by molar-refractivity contribution is -0.000000886. The number of hydrogen-bond donors (Lipinski definition) is 0. The molecule has 0 aromatic rings. The van der Waals surface area contributed by atoms with Gasteiger partial charge in [-0.1, -0.05) is 11.8 Å². The minimum absolute atomic E-state index is 0. The molecule has 0 aromatic heterocycles. The van der Waals surface area contributed by atoms with E-state index in [1.54, 1.807) is 0 Å². The number of rotatable bonds is 0. The van der Waals surface area contributed by atoms with Crippen molar-refractivity contribution in [2.75, 3.05) is 5.08 Å². The smallest absolute Gasteiger partial charge is 0.160 e. The molecule has 0 fully saturated rings. The Bertz CT molecular complexity index is 46.8. The highest BCUT2D eigenvalue weighted by atomic mass is 127. The van der Waals surface area contributed by atoms with Gasteiger partial charge in [-0.25, -0.2) is 0 Å². The first kappa shape index (κ1) is 7.17. The standard InChI is InChI=1S/C3H4S2.HI/c1-2-5-3-4-1;/h1-2H,3H2;1H. The summed E-state index contributed by atoms with van der Waals surface area (Å²) in [5, 5.41) is 5.59. The fraction of sp³-hybridized carbons (Fsp3) is 0.333. The Morgan fingerprint density at radius 3 is 2.67 bits per heavy atom. The molecule has 0 saturated heterocycles. The van der Waals surface area contributed by atoms with Gasteiger partial charge in [-0.05, 0) is 0 Å². The lowest BCUT2D eigenvalue weighted by atomic mass is 11.3. The van der Waals surface area contributed by atoms with E-state index in [4.69, 9.17) is 0 Å². The summed E-state index contributed by atoms with van der Waals surface area (Å²) in [5.41, 5.74) is 0. The third-order valence-electron chi connectivity index (χ3n) is 0.412. The molecule has 1 aliphatic rings. The van der Waals surface area contributed by atoms with Crippen molar-refractivity contribution in [2.45, 2.75) is 0 Å². The zero-order chi connectivity index (χ0) is 3.54. The second kappa shape index (κ2) is 4.33. The van der Waals surface area contributed by atoms with Crippen LogP contribution in [0.1, 0.15) is 0 Å². The minimum Gasteiger partial charge on any atom is -1.00 e. The van der Waals surface area contributed by atoms with Crippen LogP contribution in [-0.4, -0.2) is 5.08 Å². The van der Waals surface area contributed by atoms with E-state index in [-0.39, 0.29) is 24.0 Å². The number of thioether (sulfide) groups is 1. The first-order valence-electron chi connectivity index (χ1n) is 1.43. The van der Waals surface area contributed by atoms with Crippen LogP contribution in [0, 0.1) is 0 Å². The van der Waals surface area contributed by atoms with Crippen LogP contribution in [0.3, 0.4) is 0 Å². The lowest BCUT2D eigenvalue weighted by Gasteiger charge is -1.60. The molecule has 0 N–H and O–H groups in total. The molecule has 0 atom stereocenters. The average Bonchev–Trinajstić information content (AvgIpc) is 1.76. The maximum absolute atomic E-state index is 2.17. The molecule has 36 valence electrons. The lowest BCUT2D eigenvalue weighted by Crippen LogP contribution is -3.00. The van der Waals surface area contributed by atoms with Crippen LogP contribution in [0.25, 0.3) is 0 Å². The van der Waals surface area contributed by atoms with Gasteiger partial charge >= 0.3 is 0 Å². The maximum atomic E-state index is 2.17. The van der Waals surface area contributed by atoms with Crippen molar-refractivity contribution in [2.24, 2.45) is 0 Å². The molecule has 3 heteroatoms. The maximum Gasteiger partial charge on any atom is 0.160 e. The molecule has 0 bridgehead atoms. The Labute approximate surface area is 63.2 Å². The van der Waals surface area contributed by atoms with Crippen LogP contribution in [0.2, 0.25) is 0 Å². The van der Waals surface area contributed by atoms with Crippen molar-refractivity contribution < 1.29 is 24.0 Å². The van der Waals surface area contributed by atoms with Gasteiger partial charge in [-0.3, -0.25) is 0 Å². The van der Waals surface area contributed by atoms with Crippen molar-refractivity contribution in [1.29, 1.82) is 0 Å². The average molecular weight is 232 g/mol.